The van der Waals surface area contributed by atoms with Crippen LogP contribution in [0.5, 0.6) is 11.5 Å². The lowest BCUT2D eigenvalue weighted by molar-refractivity contribution is -0.168. The molecule has 1 saturated carbocycles. The van der Waals surface area contributed by atoms with Gasteiger partial charge in [0.05, 0.1) is 23.6 Å². The van der Waals surface area contributed by atoms with Crippen molar-refractivity contribution >= 4 is 33.9 Å². The van der Waals surface area contributed by atoms with Crippen LogP contribution in [0, 0.1) is 11.8 Å². The lowest BCUT2D eigenvalue weighted by Gasteiger charge is -2.50. The number of benzene rings is 2. The Morgan fingerprint density at radius 3 is 2.53 bits per heavy atom. The molecule has 0 saturated heterocycles. The summed E-state index contributed by atoms with van der Waals surface area (Å²) in [5.41, 5.74) is 3.32. The molecule has 34 heavy (non-hydrogen) atoms. The van der Waals surface area contributed by atoms with Gasteiger partial charge in [0.15, 0.2) is 11.4 Å². The highest BCUT2D eigenvalue weighted by Gasteiger charge is 2.65. The molecule has 2 aromatic carbocycles. The van der Waals surface area contributed by atoms with Gasteiger partial charge in [-0.1, -0.05) is 0 Å². The van der Waals surface area contributed by atoms with Crippen molar-refractivity contribution in [3.05, 3.63) is 29.3 Å². The van der Waals surface area contributed by atoms with E-state index >= 15 is 0 Å². The Labute approximate surface area is 194 Å². The molecule has 1 fully saturated rings. The number of Topliss-reactive ketones (excluding diaryl/α,β-unsaturated/α-hetero) is 2. The Hall–Kier alpha value is -3.25. The van der Waals surface area contributed by atoms with Gasteiger partial charge in [-0.15, -0.1) is 0 Å². The van der Waals surface area contributed by atoms with Gasteiger partial charge in [0.1, 0.15) is 23.5 Å². The number of rotatable bonds is 5. The van der Waals surface area contributed by atoms with E-state index in [1.165, 1.54) is 6.07 Å². The SMILES string of the molecule is CN(C)c1ccc(O)c2c(O)c3c(cc12)C[C@H]1[C@H](NCCO)C(=O)C(C(N)=O)C(O)[C@@]1(O)C3=O. The van der Waals surface area contributed by atoms with E-state index in [0.29, 0.717) is 16.6 Å². The lowest BCUT2D eigenvalue weighted by atomic mass is 9.57. The molecule has 1 amide bonds. The molecule has 11 heteroatoms. The number of nitrogens with one attached hydrogen (secondary N) is 1. The summed E-state index contributed by atoms with van der Waals surface area (Å²) in [5.74, 6) is -7.06. The molecule has 2 unspecified atom stereocenters. The Balaban J connectivity index is 1.99. The molecule has 8 N–H and O–H groups in total. The van der Waals surface area contributed by atoms with Crippen molar-refractivity contribution in [3.63, 3.8) is 0 Å². The molecular formula is C23H27N3O8. The summed E-state index contributed by atoms with van der Waals surface area (Å²) in [4.78, 5) is 40.5. The number of carbonyl (C=O) groups is 3. The van der Waals surface area contributed by atoms with Crippen molar-refractivity contribution in [1.29, 1.82) is 0 Å². The van der Waals surface area contributed by atoms with Gasteiger partial charge in [0.25, 0.3) is 0 Å². The highest BCUT2D eigenvalue weighted by molar-refractivity contribution is 6.16. The number of aromatic hydroxyl groups is 2. The highest BCUT2D eigenvalue weighted by Crippen LogP contribution is 2.50. The third-order valence-electron chi connectivity index (χ3n) is 6.96. The second kappa shape index (κ2) is 8.20. The van der Waals surface area contributed by atoms with Crippen LogP contribution >= 0.6 is 0 Å². The Morgan fingerprint density at radius 2 is 1.94 bits per heavy atom. The topological polar surface area (TPSA) is 194 Å². The fourth-order valence-electron chi connectivity index (χ4n) is 5.37. The van der Waals surface area contributed by atoms with Gasteiger partial charge < -0.3 is 41.5 Å². The summed E-state index contributed by atoms with van der Waals surface area (Å²) in [5, 5.41) is 56.4. The van der Waals surface area contributed by atoms with Crippen molar-refractivity contribution in [2.24, 2.45) is 17.6 Å². The minimum Gasteiger partial charge on any atom is -0.507 e. The molecule has 0 bridgehead atoms. The normalized spacial score (nSPS) is 28.5. The molecule has 2 aromatic rings. The van der Waals surface area contributed by atoms with Crippen LogP contribution in [0.3, 0.4) is 0 Å². The molecule has 4 rings (SSSR count). The molecule has 0 aromatic heterocycles. The van der Waals surface area contributed by atoms with Crippen molar-refractivity contribution in [3.8, 4) is 11.5 Å². The van der Waals surface area contributed by atoms with Crippen molar-refractivity contribution in [1.82, 2.24) is 5.32 Å². The largest absolute Gasteiger partial charge is 0.507 e. The predicted molar refractivity (Wildman–Crippen MR) is 121 cm³/mol. The van der Waals surface area contributed by atoms with E-state index in [0.717, 1.165) is 0 Å². The third kappa shape index (κ3) is 3.16. The standard InChI is InChI=1S/C23H27N3O8/c1-26(2)12-3-4-13(28)15-10(12)7-9-8-11-17(25-5-6-27)19(30)16(22(24)33)21(32)23(11,34)20(31)14(9)18(15)29/h3-4,7,11,16-17,21,25,27-29,32,34H,5-6,8H2,1-2H3,(H2,24,33)/t11-,16?,17-,21?,23-/m0/s1. The van der Waals surface area contributed by atoms with Crippen LogP contribution in [-0.2, 0) is 16.0 Å². The molecule has 11 nitrogen and oxygen atoms in total. The number of fused-ring (bicyclic) bond motifs is 3. The van der Waals surface area contributed by atoms with Crippen LogP contribution in [0.25, 0.3) is 10.8 Å². The zero-order valence-electron chi connectivity index (χ0n) is 18.6. The Bertz CT molecular complexity index is 1210. The maximum Gasteiger partial charge on any atom is 0.230 e. The fourth-order valence-corrected chi connectivity index (χ4v) is 5.37. The van der Waals surface area contributed by atoms with E-state index < -0.39 is 52.8 Å². The zero-order chi connectivity index (χ0) is 25.1. The summed E-state index contributed by atoms with van der Waals surface area (Å²) >= 11 is 0. The molecule has 0 aliphatic heterocycles. The smallest absolute Gasteiger partial charge is 0.230 e. The van der Waals surface area contributed by atoms with Crippen LogP contribution in [-0.4, -0.2) is 88.0 Å². The number of hydrogen-bond donors (Lipinski definition) is 7. The zero-order valence-corrected chi connectivity index (χ0v) is 18.6. The minimum atomic E-state index is -2.63. The van der Waals surface area contributed by atoms with E-state index in [4.69, 9.17) is 5.73 Å². The maximum absolute atomic E-state index is 13.7. The van der Waals surface area contributed by atoms with E-state index in [-0.39, 0.29) is 36.3 Å². The summed E-state index contributed by atoms with van der Waals surface area (Å²) in [7, 11) is 3.53. The number of anilines is 1. The van der Waals surface area contributed by atoms with Crippen LogP contribution in [0.4, 0.5) is 5.69 Å². The number of nitrogens with two attached hydrogens (primary N) is 1. The maximum atomic E-state index is 13.7. The minimum absolute atomic E-state index is 0.0110. The van der Waals surface area contributed by atoms with E-state index in [1.54, 1.807) is 31.1 Å². The first-order valence-electron chi connectivity index (χ1n) is 10.8. The fraction of sp³-hybridized carbons (Fsp3) is 0.435. The van der Waals surface area contributed by atoms with Crippen LogP contribution in [0.1, 0.15) is 15.9 Å². The average Bonchev–Trinajstić information content (AvgIpc) is 2.75. The number of phenols is 2. The number of hydrogen-bond acceptors (Lipinski definition) is 10. The van der Waals surface area contributed by atoms with E-state index in [9.17, 15) is 39.9 Å². The quantitative estimate of drug-likeness (QED) is 0.249. The summed E-state index contributed by atoms with van der Waals surface area (Å²) < 4.78 is 0. The number of primary amides is 1. The van der Waals surface area contributed by atoms with Gasteiger partial charge in [0.2, 0.25) is 11.7 Å². The van der Waals surface area contributed by atoms with Crippen molar-refractivity contribution in [2.75, 3.05) is 32.1 Å². The van der Waals surface area contributed by atoms with Gasteiger partial charge in [-0.05, 0) is 30.2 Å². The number of ketones is 2. The van der Waals surface area contributed by atoms with Crippen molar-refractivity contribution < 1.29 is 39.9 Å². The molecule has 182 valence electrons. The van der Waals surface area contributed by atoms with Crippen LogP contribution in [0.15, 0.2) is 18.2 Å². The van der Waals surface area contributed by atoms with Gasteiger partial charge in [-0.3, -0.25) is 14.4 Å². The van der Waals surface area contributed by atoms with E-state index in [2.05, 4.69) is 5.32 Å². The van der Waals surface area contributed by atoms with Crippen molar-refractivity contribution in [2.45, 2.75) is 24.2 Å². The van der Waals surface area contributed by atoms with E-state index in [1.807, 2.05) is 0 Å². The van der Waals surface area contributed by atoms with Gasteiger partial charge in [0, 0.05) is 37.6 Å². The molecule has 0 heterocycles. The average molecular weight is 473 g/mol. The summed E-state index contributed by atoms with van der Waals surface area (Å²) in [6.45, 7) is -0.437. The lowest BCUT2D eigenvalue weighted by Crippen LogP contribution is -2.73. The van der Waals surface area contributed by atoms with Crippen LogP contribution < -0.4 is 16.0 Å². The number of phenolic OH excluding ortho intramolecular Hbond substituents is 2. The summed E-state index contributed by atoms with van der Waals surface area (Å²) in [6, 6.07) is 3.32. The first-order valence-corrected chi connectivity index (χ1v) is 10.8. The summed E-state index contributed by atoms with van der Waals surface area (Å²) in [6.07, 6.45) is -2.27. The second-order valence-electron chi connectivity index (χ2n) is 9.03. The molecule has 0 radical (unpaired) electrons. The molecule has 0 spiro atoms. The molecule has 2 aliphatic carbocycles. The number of aliphatic hydroxyl groups is 3. The first kappa shape index (κ1) is 23.9. The second-order valence-corrected chi connectivity index (χ2v) is 9.03. The number of amides is 1. The third-order valence-corrected chi connectivity index (χ3v) is 6.96. The van der Waals surface area contributed by atoms with Gasteiger partial charge in [-0.2, -0.15) is 0 Å². The molecular weight excluding hydrogens is 446 g/mol. The highest BCUT2D eigenvalue weighted by atomic mass is 16.4. The monoisotopic (exact) mass is 473 g/mol. The van der Waals surface area contributed by atoms with Gasteiger partial charge >= 0.3 is 0 Å². The number of aliphatic hydroxyl groups excluding tert-OH is 2. The molecule has 5 atom stereocenters. The first-order chi connectivity index (χ1) is 16.0. The van der Waals surface area contributed by atoms with Crippen LogP contribution in [0.2, 0.25) is 0 Å². The van der Waals surface area contributed by atoms with Gasteiger partial charge in [-0.25, -0.2) is 0 Å². The Morgan fingerprint density at radius 1 is 1.26 bits per heavy atom. The number of carbonyl (C=O) groups excluding carboxylic acids is 3. The Kier molecular flexibility index (Phi) is 5.76. The number of nitrogens with zero attached hydrogens (tertiary/aromatic N) is 1. The molecule has 2 aliphatic rings. The predicted octanol–water partition coefficient (Wildman–Crippen LogP) is -1.60.